The van der Waals surface area contributed by atoms with E-state index in [1.807, 2.05) is 23.1 Å². The number of nitrogens with one attached hydrogen (secondary N) is 2. The molecular weight excluding hydrogens is 306 g/mol. The highest BCUT2D eigenvalue weighted by Crippen LogP contribution is 2.37. The van der Waals surface area contributed by atoms with Crippen molar-refractivity contribution in [1.82, 2.24) is 0 Å². The lowest BCUT2D eigenvalue weighted by Gasteiger charge is -2.22. The summed E-state index contributed by atoms with van der Waals surface area (Å²) in [5.74, 6) is 0.415. The van der Waals surface area contributed by atoms with E-state index < -0.39 is 0 Å². The van der Waals surface area contributed by atoms with Gasteiger partial charge in [-0.1, -0.05) is 48.5 Å². The molecule has 0 saturated carbocycles. The minimum absolute atomic E-state index is 0. The number of rotatable bonds is 1. The van der Waals surface area contributed by atoms with Crippen molar-refractivity contribution < 1.29 is 0 Å². The Bertz CT molecular complexity index is 883. The van der Waals surface area contributed by atoms with Gasteiger partial charge in [-0.05, 0) is 35.6 Å². The zero-order valence-corrected chi connectivity index (χ0v) is 13.7. The minimum atomic E-state index is 0. The van der Waals surface area contributed by atoms with Gasteiger partial charge >= 0.3 is 0 Å². The second-order valence-corrected chi connectivity index (χ2v) is 5.67. The third kappa shape index (κ3) is 2.53. The first-order valence-electron chi connectivity index (χ1n) is 7.43. The number of nitrogens with zero attached hydrogens (tertiary/aromatic N) is 1. The van der Waals surface area contributed by atoms with Crippen LogP contribution in [-0.2, 0) is 6.54 Å². The van der Waals surface area contributed by atoms with Gasteiger partial charge in [-0.3, -0.25) is 5.41 Å². The Labute approximate surface area is 141 Å². The van der Waals surface area contributed by atoms with E-state index in [0.717, 1.165) is 23.5 Å². The first kappa shape index (κ1) is 15.4. The number of guanidine groups is 1. The molecule has 1 aliphatic rings. The molecule has 3 aromatic carbocycles. The zero-order valence-electron chi connectivity index (χ0n) is 12.8. The largest absolute Gasteiger partial charge is 0.326 e. The summed E-state index contributed by atoms with van der Waals surface area (Å²) in [5.41, 5.74) is 4.52. The van der Waals surface area contributed by atoms with Gasteiger partial charge in [0.1, 0.15) is 0 Å². The molecule has 2 N–H and O–H groups in total. The maximum Gasteiger partial charge on any atom is 0.200 e. The van der Waals surface area contributed by atoms with Crippen molar-refractivity contribution in [3.63, 3.8) is 0 Å². The quantitative estimate of drug-likeness (QED) is 0.492. The molecule has 3 aromatic rings. The predicted molar refractivity (Wildman–Crippen MR) is 99.9 cm³/mol. The molecule has 0 amide bonds. The van der Waals surface area contributed by atoms with Gasteiger partial charge in [0.25, 0.3) is 0 Å². The van der Waals surface area contributed by atoms with Crippen LogP contribution in [0.15, 0.2) is 60.7 Å². The van der Waals surface area contributed by atoms with Crippen molar-refractivity contribution in [3.05, 3.63) is 71.8 Å². The molecular formula is C19H18ClN3. The molecule has 4 heteroatoms. The number of halogens is 1. The van der Waals surface area contributed by atoms with Crippen molar-refractivity contribution in [2.75, 3.05) is 10.2 Å². The Kier molecular flexibility index (Phi) is 3.97. The highest BCUT2D eigenvalue weighted by Gasteiger charge is 2.24. The van der Waals surface area contributed by atoms with Crippen LogP contribution in [-0.4, -0.2) is 5.96 Å². The third-order valence-corrected chi connectivity index (χ3v) is 4.26. The van der Waals surface area contributed by atoms with E-state index in [1.54, 1.807) is 0 Å². The molecule has 3 nitrogen and oxygen atoms in total. The van der Waals surface area contributed by atoms with E-state index >= 15 is 0 Å². The van der Waals surface area contributed by atoms with Crippen molar-refractivity contribution in [2.45, 2.75) is 13.5 Å². The van der Waals surface area contributed by atoms with Gasteiger partial charge in [-0.25, -0.2) is 0 Å². The highest BCUT2D eigenvalue weighted by molar-refractivity contribution is 6.12. The number of aryl methyl sites for hydroxylation is 1. The van der Waals surface area contributed by atoms with E-state index in [9.17, 15) is 0 Å². The van der Waals surface area contributed by atoms with Crippen LogP contribution in [0.4, 0.5) is 11.4 Å². The topological polar surface area (TPSA) is 39.1 Å². The Morgan fingerprint density at radius 1 is 1.00 bits per heavy atom. The second-order valence-electron chi connectivity index (χ2n) is 5.67. The maximum atomic E-state index is 8.47. The van der Waals surface area contributed by atoms with Gasteiger partial charge in [0.05, 0.1) is 12.2 Å². The molecule has 0 aromatic heterocycles. The Hall–Kier alpha value is -2.52. The fourth-order valence-electron chi connectivity index (χ4n) is 3.12. The number of hydrogen-bond acceptors (Lipinski definition) is 1. The lowest BCUT2D eigenvalue weighted by Crippen LogP contribution is -2.33. The van der Waals surface area contributed by atoms with Gasteiger partial charge in [0.15, 0.2) is 0 Å². The van der Waals surface area contributed by atoms with Gasteiger partial charge in [0.2, 0.25) is 5.96 Å². The van der Waals surface area contributed by atoms with E-state index in [0.29, 0.717) is 5.96 Å². The number of anilines is 2. The lowest BCUT2D eigenvalue weighted by molar-refractivity contribution is 1.04. The average Bonchev–Trinajstić information content (AvgIpc) is 2.91. The molecule has 0 saturated heterocycles. The zero-order chi connectivity index (χ0) is 15.1. The molecule has 1 aliphatic heterocycles. The number of para-hydroxylation sites is 1. The average molecular weight is 324 g/mol. The molecule has 0 spiro atoms. The minimum Gasteiger partial charge on any atom is -0.326 e. The van der Waals surface area contributed by atoms with Crippen LogP contribution in [0.5, 0.6) is 0 Å². The van der Waals surface area contributed by atoms with E-state index in [1.165, 1.54) is 16.3 Å². The summed E-state index contributed by atoms with van der Waals surface area (Å²) in [6, 6.07) is 20.7. The lowest BCUT2D eigenvalue weighted by atomic mass is 10.1. The van der Waals surface area contributed by atoms with Crippen LogP contribution in [0.3, 0.4) is 0 Å². The van der Waals surface area contributed by atoms with E-state index in [-0.39, 0.29) is 12.4 Å². The van der Waals surface area contributed by atoms with E-state index in [2.05, 4.69) is 54.7 Å². The third-order valence-electron chi connectivity index (χ3n) is 4.26. The first-order chi connectivity index (χ1) is 10.7. The molecule has 0 atom stereocenters. The van der Waals surface area contributed by atoms with Crippen LogP contribution in [0.2, 0.25) is 0 Å². The van der Waals surface area contributed by atoms with Crippen LogP contribution >= 0.6 is 12.4 Å². The molecule has 0 unspecified atom stereocenters. The molecule has 4 rings (SSSR count). The summed E-state index contributed by atoms with van der Waals surface area (Å²) in [5, 5.41) is 14.2. The first-order valence-corrected chi connectivity index (χ1v) is 7.43. The smallest absolute Gasteiger partial charge is 0.200 e. The van der Waals surface area contributed by atoms with Crippen LogP contribution in [0, 0.1) is 12.3 Å². The molecule has 23 heavy (non-hydrogen) atoms. The fourth-order valence-corrected chi connectivity index (χ4v) is 3.12. The summed E-state index contributed by atoms with van der Waals surface area (Å²) < 4.78 is 0. The summed E-state index contributed by atoms with van der Waals surface area (Å²) in [7, 11) is 0. The second kappa shape index (κ2) is 5.94. The molecule has 116 valence electrons. The Morgan fingerprint density at radius 3 is 2.52 bits per heavy atom. The van der Waals surface area contributed by atoms with E-state index in [4.69, 9.17) is 5.41 Å². The van der Waals surface area contributed by atoms with Crippen molar-refractivity contribution in [2.24, 2.45) is 0 Å². The normalized spacial score (nSPS) is 12.1. The Morgan fingerprint density at radius 2 is 1.74 bits per heavy atom. The van der Waals surface area contributed by atoms with Crippen molar-refractivity contribution in [1.29, 1.82) is 5.41 Å². The molecule has 0 aliphatic carbocycles. The maximum absolute atomic E-state index is 8.47. The Balaban J connectivity index is 0.00000156. The number of hydrogen-bond donors (Lipinski definition) is 2. The monoisotopic (exact) mass is 323 g/mol. The summed E-state index contributed by atoms with van der Waals surface area (Å²) >= 11 is 0. The molecule has 1 heterocycles. The summed E-state index contributed by atoms with van der Waals surface area (Å²) in [4.78, 5) is 2.03. The summed E-state index contributed by atoms with van der Waals surface area (Å²) in [6.07, 6.45) is 0. The number of benzene rings is 3. The van der Waals surface area contributed by atoms with Crippen LogP contribution in [0.25, 0.3) is 10.8 Å². The molecule has 0 fully saturated rings. The molecule has 0 bridgehead atoms. The van der Waals surface area contributed by atoms with Crippen molar-refractivity contribution >= 4 is 40.5 Å². The van der Waals surface area contributed by atoms with Gasteiger partial charge in [0, 0.05) is 11.1 Å². The standard InChI is InChI=1S/C19H17N3.ClH/c1-13-6-2-3-10-16(13)21-19(20)22-12-15-9-4-7-14-8-5-11-17(22)18(14)15;/h2-11H,12H2,1H3,(H2,20,21);1H. The van der Waals surface area contributed by atoms with Gasteiger partial charge in [-0.15, -0.1) is 12.4 Å². The fraction of sp³-hybridized carbons (Fsp3) is 0.105. The molecule has 0 radical (unpaired) electrons. The van der Waals surface area contributed by atoms with Gasteiger partial charge in [-0.2, -0.15) is 0 Å². The SMILES string of the molecule is Cc1ccccc1NC(=N)N1Cc2cccc3cccc1c23.Cl. The van der Waals surface area contributed by atoms with Crippen LogP contribution in [0.1, 0.15) is 11.1 Å². The highest BCUT2D eigenvalue weighted by atomic mass is 35.5. The summed E-state index contributed by atoms with van der Waals surface area (Å²) in [6.45, 7) is 2.80. The van der Waals surface area contributed by atoms with Crippen LogP contribution < -0.4 is 10.2 Å². The van der Waals surface area contributed by atoms with Gasteiger partial charge < -0.3 is 10.2 Å². The predicted octanol–water partition coefficient (Wildman–Crippen LogP) is 4.94. The van der Waals surface area contributed by atoms with Crippen molar-refractivity contribution in [3.8, 4) is 0 Å².